The predicted octanol–water partition coefficient (Wildman–Crippen LogP) is 1.40. The van der Waals surface area contributed by atoms with E-state index in [0.717, 1.165) is 0 Å². The van der Waals surface area contributed by atoms with Crippen molar-refractivity contribution < 1.29 is 4.84 Å². The standard InChI is InChI=1S/C3H6INO/c1-2-5-6-3-4/h2H,3H2,1H3/b5-2+. The maximum absolute atomic E-state index is 4.54. The Labute approximate surface area is 50.7 Å². The molecule has 0 saturated heterocycles. The number of halogens is 1. The summed E-state index contributed by atoms with van der Waals surface area (Å²) in [7, 11) is 0. The van der Waals surface area contributed by atoms with Crippen molar-refractivity contribution in [3.05, 3.63) is 0 Å². The lowest BCUT2D eigenvalue weighted by Crippen LogP contribution is -1.71. The molecule has 0 radical (unpaired) electrons. The summed E-state index contributed by atoms with van der Waals surface area (Å²) in [5.74, 6) is 0. The zero-order valence-electron chi connectivity index (χ0n) is 3.52. The summed E-state index contributed by atoms with van der Waals surface area (Å²) >= 11 is 2.07. The SMILES string of the molecule is C/C=N/OCI. The van der Waals surface area contributed by atoms with Gasteiger partial charge in [-0.25, -0.2) is 0 Å². The zero-order valence-corrected chi connectivity index (χ0v) is 5.68. The minimum atomic E-state index is 0.627. The maximum Gasteiger partial charge on any atom is 0.167 e. The van der Waals surface area contributed by atoms with E-state index in [4.69, 9.17) is 0 Å². The quantitative estimate of drug-likeness (QED) is 0.285. The van der Waals surface area contributed by atoms with Gasteiger partial charge in [-0.15, -0.1) is 0 Å². The van der Waals surface area contributed by atoms with Crippen molar-refractivity contribution in [3.63, 3.8) is 0 Å². The summed E-state index contributed by atoms with van der Waals surface area (Å²) in [5, 5.41) is 3.46. The van der Waals surface area contributed by atoms with Crippen LogP contribution in [0, 0.1) is 0 Å². The third kappa shape index (κ3) is 4.20. The summed E-state index contributed by atoms with van der Waals surface area (Å²) in [4.78, 5) is 4.54. The first-order valence-electron chi connectivity index (χ1n) is 1.57. The summed E-state index contributed by atoms with van der Waals surface area (Å²) in [6.07, 6.45) is 1.61. The zero-order chi connectivity index (χ0) is 4.83. The molecule has 0 rings (SSSR count). The van der Waals surface area contributed by atoms with Gasteiger partial charge in [0, 0.05) is 6.21 Å². The molecular weight excluding hydrogens is 193 g/mol. The van der Waals surface area contributed by atoms with E-state index in [9.17, 15) is 0 Å². The molecule has 0 bridgehead atoms. The second-order valence-corrected chi connectivity index (χ2v) is 1.22. The molecule has 0 aliphatic rings. The van der Waals surface area contributed by atoms with Gasteiger partial charge < -0.3 is 4.84 Å². The van der Waals surface area contributed by atoms with Crippen molar-refractivity contribution >= 4 is 28.8 Å². The Hall–Kier alpha value is 0.200. The summed E-state index contributed by atoms with van der Waals surface area (Å²) in [6, 6.07) is 0. The molecule has 0 aromatic rings. The molecule has 0 aliphatic heterocycles. The normalized spacial score (nSPS) is 9.67. The van der Waals surface area contributed by atoms with Gasteiger partial charge in [0.1, 0.15) is 0 Å². The third-order valence-electron chi connectivity index (χ3n) is 0.229. The van der Waals surface area contributed by atoms with Crippen LogP contribution in [0.4, 0.5) is 0 Å². The van der Waals surface area contributed by atoms with Crippen molar-refractivity contribution in [3.8, 4) is 0 Å². The Morgan fingerprint density at radius 1 is 2.00 bits per heavy atom. The number of nitrogens with zero attached hydrogens (tertiary/aromatic N) is 1. The number of alkyl halides is 1. The fraction of sp³-hybridized carbons (Fsp3) is 0.667. The highest BCUT2D eigenvalue weighted by Crippen LogP contribution is 1.81. The van der Waals surface area contributed by atoms with Crippen LogP contribution in [-0.2, 0) is 4.84 Å². The monoisotopic (exact) mass is 199 g/mol. The predicted molar refractivity (Wildman–Crippen MR) is 34.1 cm³/mol. The number of hydrogen-bond acceptors (Lipinski definition) is 2. The van der Waals surface area contributed by atoms with Gasteiger partial charge in [-0.2, -0.15) is 0 Å². The largest absolute Gasteiger partial charge is 0.386 e. The van der Waals surface area contributed by atoms with Crippen LogP contribution < -0.4 is 0 Å². The Balaban J connectivity index is 2.66. The lowest BCUT2D eigenvalue weighted by atomic mass is 10.9. The molecule has 0 heterocycles. The lowest BCUT2D eigenvalue weighted by Gasteiger charge is -1.83. The molecule has 0 aromatic heterocycles. The van der Waals surface area contributed by atoms with E-state index in [2.05, 4.69) is 32.6 Å². The average Bonchev–Trinajstić information content (AvgIpc) is 1.61. The molecule has 0 unspecified atom stereocenters. The van der Waals surface area contributed by atoms with Gasteiger partial charge in [-0.3, -0.25) is 0 Å². The maximum atomic E-state index is 4.54. The van der Waals surface area contributed by atoms with E-state index in [1.165, 1.54) is 0 Å². The molecular formula is C3H6INO. The molecule has 36 valence electrons. The van der Waals surface area contributed by atoms with Crippen LogP contribution in [0.2, 0.25) is 0 Å². The van der Waals surface area contributed by atoms with Crippen molar-refractivity contribution in [2.24, 2.45) is 5.16 Å². The molecule has 0 aromatic carbocycles. The first-order chi connectivity index (χ1) is 2.91. The Morgan fingerprint density at radius 2 is 2.67 bits per heavy atom. The van der Waals surface area contributed by atoms with Gasteiger partial charge in [0.15, 0.2) is 4.61 Å². The minimum Gasteiger partial charge on any atom is -0.386 e. The van der Waals surface area contributed by atoms with Gasteiger partial charge in [0.25, 0.3) is 0 Å². The molecule has 2 nitrogen and oxygen atoms in total. The Kier molecular flexibility index (Phi) is 5.37. The van der Waals surface area contributed by atoms with E-state index in [0.29, 0.717) is 4.61 Å². The summed E-state index contributed by atoms with van der Waals surface area (Å²) < 4.78 is 0.627. The van der Waals surface area contributed by atoms with Crippen LogP contribution in [-0.4, -0.2) is 10.8 Å². The van der Waals surface area contributed by atoms with Crippen LogP contribution in [0.15, 0.2) is 5.16 Å². The third-order valence-corrected chi connectivity index (χ3v) is 0.507. The second-order valence-electron chi connectivity index (χ2n) is 0.602. The topological polar surface area (TPSA) is 21.6 Å². The second kappa shape index (κ2) is 5.20. The first kappa shape index (κ1) is 6.20. The molecule has 6 heavy (non-hydrogen) atoms. The fourth-order valence-electron chi connectivity index (χ4n) is 0.103. The van der Waals surface area contributed by atoms with Gasteiger partial charge in [-0.05, 0) is 29.5 Å². The van der Waals surface area contributed by atoms with Crippen molar-refractivity contribution in [2.45, 2.75) is 6.92 Å². The number of rotatable bonds is 2. The fourth-order valence-corrected chi connectivity index (χ4v) is 0.264. The van der Waals surface area contributed by atoms with Crippen molar-refractivity contribution in [1.82, 2.24) is 0 Å². The van der Waals surface area contributed by atoms with E-state index in [1.807, 2.05) is 6.92 Å². The molecule has 0 atom stereocenters. The van der Waals surface area contributed by atoms with E-state index < -0.39 is 0 Å². The molecule has 0 fully saturated rings. The van der Waals surface area contributed by atoms with Crippen LogP contribution in [0.3, 0.4) is 0 Å². The van der Waals surface area contributed by atoms with Gasteiger partial charge in [0.2, 0.25) is 0 Å². The van der Waals surface area contributed by atoms with E-state index in [1.54, 1.807) is 6.21 Å². The molecule has 0 amide bonds. The molecule has 0 saturated carbocycles. The summed E-state index contributed by atoms with van der Waals surface area (Å²) in [6.45, 7) is 1.81. The number of oxime groups is 1. The molecule has 0 aliphatic carbocycles. The van der Waals surface area contributed by atoms with Crippen LogP contribution in [0.5, 0.6) is 0 Å². The van der Waals surface area contributed by atoms with Gasteiger partial charge in [-0.1, -0.05) is 5.16 Å². The minimum absolute atomic E-state index is 0.627. The highest BCUT2D eigenvalue weighted by molar-refractivity contribution is 14.1. The smallest absolute Gasteiger partial charge is 0.167 e. The molecule has 0 spiro atoms. The summed E-state index contributed by atoms with van der Waals surface area (Å²) in [5.41, 5.74) is 0. The average molecular weight is 199 g/mol. The van der Waals surface area contributed by atoms with E-state index in [-0.39, 0.29) is 0 Å². The van der Waals surface area contributed by atoms with Gasteiger partial charge >= 0.3 is 0 Å². The van der Waals surface area contributed by atoms with Gasteiger partial charge in [0.05, 0.1) is 0 Å². The Morgan fingerprint density at radius 3 is 2.83 bits per heavy atom. The number of hydrogen-bond donors (Lipinski definition) is 0. The van der Waals surface area contributed by atoms with Crippen LogP contribution in [0.1, 0.15) is 6.92 Å². The Bertz CT molecular complexity index is 46.1. The highest BCUT2D eigenvalue weighted by Gasteiger charge is 1.62. The lowest BCUT2D eigenvalue weighted by molar-refractivity contribution is 0.207. The molecule has 0 N–H and O–H groups in total. The first-order valence-corrected chi connectivity index (χ1v) is 3.10. The molecule has 3 heteroatoms. The van der Waals surface area contributed by atoms with Crippen LogP contribution in [0.25, 0.3) is 0 Å². The van der Waals surface area contributed by atoms with Crippen molar-refractivity contribution in [2.75, 3.05) is 4.61 Å². The highest BCUT2D eigenvalue weighted by atomic mass is 127. The van der Waals surface area contributed by atoms with Crippen molar-refractivity contribution in [1.29, 1.82) is 0 Å². The van der Waals surface area contributed by atoms with Crippen LogP contribution >= 0.6 is 22.6 Å². The van der Waals surface area contributed by atoms with E-state index >= 15 is 0 Å².